The minimum atomic E-state index is -0.278. The Morgan fingerprint density at radius 3 is 2.69 bits per heavy atom. The van der Waals surface area contributed by atoms with Gasteiger partial charge in [0.05, 0.1) is 23.4 Å². The maximum Gasteiger partial charge on any atom is 0.255 e. The van der Waals surface area contributed by atoms with Gasteiger partial charge >= 0.3 is 0 Å². The van der Waals surface area contributed by atoms with Crippen LogP contribution in [0.2, 0.25) is 5.02 Å². The van der Waals surface area contributed by atoms with Gasteiger partial charge in [-0.05, 0) is 42.0 Å². The van der Waals surface area contributed by atoms with Crippen LogP contribution in [0, 0.1) is 0 Å². The van der Waals surface area contributed by atoms with Crippen LogP contribution >= 0.6 is 11.6 Å². The molecular formula is C21H18ClN5O2. The number of nitrogens with one attached hydrogen (secondary N) is 1. The Kier molecular flexibility index (Phi) is 5.31. The van der Waals surface area contributed by atoms with Gasteiger partial charge in [-0.2, -0.15) is 5.10 Å². The number of pyridine rings is 1. The van der Waals surface area contributed by atoms with Crippen molar-refractivity contribution in [1.82, 2.24) is 24.6 Å². The summed E-state index contributed by atoms with van der Waals surface area (Å²) in [6.07, 6.45) is 8.93. The summed E-state index contributed by atoms with van der Waals surface area (Å²) < 4.78 is 8.95. The average molecular weight is 408 g/mol. The molecule has 1 aromatic carbocycles. The molecule has 3 aromatic heterocycles. The first-order chi connectivity index (χ1) is 14.2. The van der Waals surface area contributed by atoms with E-state index >= 15 is 0 Å². The fourth-order valence-corrected chi connectivity index (χ4v) is 3.22. The lowest BCUT2D eigenvalue weighted by Crippen LogP contribution is -2.23. The second kappa shape index (κ2) is 8.20. The van der Waals surface area contributed by atoms with Gasteiger partial charge < -0.3 is 14.6 Å². The molecule has 4 rings (SSSR count). The second-order valence-electron chi connectivity index (χ2n) is 6.25. The maximum atomic E-state index is 12.8. The fraction of sp³-hybridized carbons (Fsp3) is 0.0952. The van der Waals surface area contributed by atoms with Crippen LogP contribution in [0.15, 0.2) is 73.4 Å². The number of ether oxygens (including phenoxy) is 1. The minimum absolute atomic E-state index is 0.278. The number of hydrogen-bond donors (Lipinski definition) is 1. The van der Waals surface area contributed by atoms with Crippen molar-refractivity contribution in [3.63, 3.8) is 0 Å². The van der Waals surface area contributed by atoms with E-state index in [0.717, 1.165) is 11.3 Å². The Morgan fingerprint density at radius 2 is 1.97 bits per heavy atom. The molecule has 0 saturated carbocycles. The molecule has 0 aliphatic carbocycles. The van der Waals surface area contributed by atoms with E-state index in [9.17, 15) is 4.79 Å². The first kappa shape index (κ1) is 18.8. The van der Waals surface area contributed by atoms with Crippen molar-refractivity contribution < 1.29 is 9.53 Å². The van der Waals surface area contributed by atoms with Gasteiger partial charge in [0.25, 0.3) is 5.91 Å². The molecule has 1 N–H and O–H groups in total. The van der Waals surface area contributed by atoms with Crippen LogP contribution in [-0.4, -0.2) is 32.3 Å². The van der Waals surface area contributed by atoms with Crippen LogP contribution in [0.25, 0.3) is 11.5 Å². The summed E-state index contributed by atoms with van der Waals surface area (Å²) in [4.78, 5) is 17.1. The summed E-state index contributed by atoms with van der Waals surface area (Å²) in [5.41, 5.74) is 2.01. The van der Waals surface area contributed by atoms with E-state index in [-0.39, 0.29) is 5.91 Å². The molecule has 0 radical (unpaired) electrons. The third-order valence-corrected chi connectivity index (χ3v) is 4.70. The van der Waals surface area contributed by atoms with E-state index in [1.807, 2.05) is 53.5 Å². The largest absolute Gasteiger partial charge is 0.496 e. The Morgan fingerprint density at radius 1 is 1.14 bits per heavy atom. The monoisotopic (exact) mass is 407 g/mol. The molecule has 0 unspecified atom stereocenters. The van der Waals surface area contributed by atoms with Gasteiger partial charge in [0.15, 0.2) is 5.82 Å². The molecule has 0 fully saturated rings. The summed E-state index contributed by atoms with van der Waals surface area (Å²) in [5.74, 6) is 0.848. The van der Waals surface area contributed by atoms with Crippen molar-refractivity contribution in [3.8, 4) is 17.3 Å². The smallest absolute Gasteiger partial charge is 0.255 e. The molecule has 0 aliphatic rings. The van der Waals surface area contributed by atoms with Crippen molar-refractivity contribution in [1.29, 1.82) is 0 Å². The number of carbonyl (C=O) groups is 1. The van der Waals surface area contributed by atoms with Crippen molar-refractivity contribution in [2.45, 2.75) is 6.54 Å². The average Bonchev–Trinajstić information content (AvgIpc) is 3.46. The Bertz CT molecular complexity index is 1120. The normalized spacial score (nSPS) is 10.7. The molecular weight excluding hydrogens is 390 g/mol. The van der Waals surface area contributed by atoms with Gasteiger partial charge in [0.1, 0.15) is 5.75 Å². The molecule has 7 nitrogen and oxygen atoms in total. The molecule has 0 bridgehead atoms. The number of halogens is 1. The molecule has 146 valence electrons. The Labute approximate surface area is 172 Å². The van der Waals surface area contributed by atoms with Gasteiger partial charge in [-0.1, -0.05) is 11.6 Å². The van der Waals surface area contributed by atoms with Crippen molar-refractivity contribution in [3.05, 3.63) is 89.6 Å². The molecule has 1 amide bonds. The van der Waals surface area contributed by atoms with Crippen LogP contribution in [0.4, 0.5) is 0 Å². The molecule has 4 aromatic rings. The summed E-state index contributed by atoms with van der Waals surface area (Å²) in [5, 5.41) is 7.52. The third kappa shape index (κ3) is 4.00. The molecule has 3 heterocycles. The molecule has 0 atom stereocenters. The topological polar surface area (TPSA) is 74.0 Å². The zero-order valence-electron chi connectivity index (χ0n) is 15.6. The number of benzene rings is 1. The lowest BCUT2D eigenvalue weighted by atomic mass is 10.1. The Hall–Kier alpha value is -3.58. The highest BCUT2D eigenvalue weighted by Gasteiger charge is 2.16. The van der Waals surface area contributed by atoms with Crippen molar-refractivity contribution in [2.24, 2.45) is 0 Å². The number of hydrogen-bond acceptors (Lipinski definition) is 4. The van der Waals surface area contributed by atoms with Crippen LogP contribution < -0.4 is 10.1 Å². The van der Waals surface area contributed by atoms with Crippen molar-refractivity contribution in [2.75, 3.05) is 7.11 Å². The number of methoxy groups -OCH3 is 1. The predicted molar refractivity (Wildman–Crippen MR) is 110 cm³/mol. The molecule has 0 aliphatic heterocycles. The first-order valence-electron chi connectivity index (χ1n) is 8.90. The van der Waals surface area contributed by atoms with Gasteiger partial charge in [-0.25, -0.2) is 9.67 Å². The SMILES string of the molecule is COc1cc(-n2cccc2)c(Cl)cc1C(=O)NCc1ccnc(-n2cccn2)c1. The quantitative estimate of drug-likeness (QED) is 0.529. The summed E-state index contributed by atoms with van der Waals surface area (Å²) in [6, 6.07) is 12.7. The number of amides is 1. The number of aromatic nitrogens is 4. The van der Waals surface area contributed by atoms with E-state index in [1.54, 1.807) is 29.2 Å². The van der Waals surface area contributed by atoms with Crippen LogP contribution in [0.1, 0.15) is 15.9 Å². The highest BCUT2D eigenvalue weighted by Crippen LogP contribution is 2.30. The van der Waals surface area contributed by atoms with Gasteiger partial charge in [-0.3, -0.25) is 4.79 Å². The van der Waals surface area contributed by atoms with E-state index < -0.39 is 0 Å². The third-order valence-electron chi connectivity index (χ3n) is 4.40. The lowest BCUT2D eigenvalue weighted by Gasteiger charge is -2.14. The van der Waals surface area contributed by atoms with E-state index in [4.69, 9.17) is 16.3 Å². The second-order valence-corrected chi connectivity index (χ2v) is 6.66. The number of nitrogens with zero attached hydrogens (tertiary/aromatic N) is 4. The summed E-state index contributed by atoms with van der Waals surface area (Å²) >= 11 is 6.41. The van der Waals surface area contributed by atoms with Crippen LogP contribution in [0.3, 0.4) is 0 Å². The van der Waals surface area contributed by atoms with E-state index in [2.05, 4.69) is 15.4 Å². The van der Waals surface area contributed by atoms with Crippen molar-refractivity contribution >= 4 is 17.5 Å². The zero-order chi connectivity index (χ0) is 20.2. The summed E-state index contributed by atoms with van der Waals surface area (Å²) in [7, 11) is 1.53. The molecule has 0 spiro atoms. The molecule has 29 heavy (non-hydrogen) atoms. The zero-order valence-corrected chi connectivity index (χ0v) is 16.4. The van der Waals surface area contributed by atoms with E-state index in [0.29, 0.717) is 28.7 Å². The van der Waals surface area contributed by atoms with Gasteiger partial charge in [0.2, 0.25) is 0 Å². The standard InChI is InChI=1S/C21H18ClN5O2/c1-29-19-13-18(26-8-2-3-9-26)17(22)12-16(19)21(28)24-14-15-5-7-23-20(11-15)27-10-4-6-25-27/h2-13H,14H2,1H3,(H,24,28). The molecule has 0 saturated heterocycles. The predicted octanol–water partition coefficient (Wildman–Crippen LogP) is 3.65. The fourth-order valence-electron chi connectivity index (χ4n) is 2.96. The van der Waals surface area contributed by atoms with Crippen LogP contribution in [0.5, 0.6) is 5.75 Å². The van der Waals surface area contributed by atoms with Gasteiger partial charge in [0, 0.05) is 43.6 Å². The molecule has 8 heteroatoms. The van der Waals surface area contributed by atoms with Crippen LogP contribution in [-0.2, 0) is 6.54 Å². The van der Waals surface area contributed by atoms with E-state index in [1.165, 1.54) is 7.11 Å². The highest BCUT2D eigenvalue weighted by molar-refractivity contribution is 6.33. The number of carbonyl (C=O) groups excluding carboxylic acids is 1. The Balaban J connectivity index is 1.53. The minimum Gasteiger partial charge on any atom is -0.496 e. The highest BCUT2D eigenvalue weighted by atomic mass is 35.5. The van der Waals surface area contributed by atoms with Gasteiger partial charge in [-0.15, -0.1) is 0 Å². The summed E-state index contributed by atoms with van der Waals surface area (Å²) in [6.45, 7) is 0.329. The first-order valence-corrected chi connectivity index (χ1v) is 9.27. The number of rotatable bonds is 6. The maximum absolute atomic E-state index is 12.8. The lowest BCUT2D eigenvalue weighted by molar-refractivity contribution is 0.0948.